The highest BCUT2D eigenvalue weighted by Gasteiger charge is 2.23. The standard InChI is InChI=1S/C11H14Cl2N2O/c12-8-2-1-7(5-9(8)13)11-10(14)6-15-3-4-16-11/h1-2,5,10-11,15H,3-4,6,14H2/t10-,11+/m1/s1. The molecule has 3 nitrogen and oxygen atoms in total. The van der Waals surface area contributed by atoms with Gasteiger partial charge in [-0.2, -0.15) is 0 Å². The Morgan fingerprint density at radius 2 is 2.12 bits per heavy atom. The molecule has 16 heavy (non-hydrogen) atoms. The van der Waals surface area contributed by atoms with Crippen LogP contribution < -0.4 is 11.1 Å². The minimum absolute atomic E-state index is 0.0697. The highest BCUT2D eigenvalue weighted by atomic mass is 35.5. The quantitative estimate of drug-likeness (QED) is 0.812. The van der Waals surface area contributed by atoms with E-state index in [1.165, 1.54) is 0 Å². The molecule has 0 unspecified atom stereocenters. The maximum Gasteiger partial charge on any atom is 0.0989 e. The molecule has 5 heteroatoms. The van der Waals surface area contributed by atoms with E-state index in [0.29, 0.717) is 16.7 Å². The number of rotatable bonds is 1. The second kappa shape index (κ2) is 5.34. The van der Waals surface area contributed by atoms with E-state index in [0.717, 1.165) is 18.7 Å². The van der Waals surface area contributed by atoms with E-state index >= 15 is 0 Å². The highest BCUT2D eigenvalue weighted by Crippen LogP contribution is 2.28. The van der Waals surface area contributed by atoms with Crippen LogP contribution in [-0.2, 0) is 4.74 Å². The summed E-state index contributed by atoms with van der Waals surface area (Å²) in [5, 5.41) is 4.30. The summed E-state index contributed by atoms with van der Waals surface area (Å²) in [6.07, 6.45) is -0.121. The Labute approximate surface area is 105 Å². The van der Waals surface area contributed by atoms with Crippen LogP contribution in [0.15, 0.2) is 18.2 Å². The average Bonchev–Trinajstić information content (AvgIpc) is 2.47. The van der Waals surface area contributed by atoms with Gasteiger partial charge in [-0.05, 0) is 17.7 Å². The van der Waals surface area contributed by atoms with Crippen LogP contribution in [0.25, 0.3) is 0 Å². The van der Waals surface area contributed by atoms with E-state index in [2.05, 4.69) is 5.32 Å². The first-order valence-electron chi connectivity index (χ1n) is 5.21. The topological polar surface area (TPSA) is 47.3 Å². The monoisotopic (exact) mass is 260 g/mol. The molecule has 3 N–H and O–H groups in total. The average molecular weight is 261 g/mol. The fourth-order valence-electron chi connectivity index (χ4n) is 1.79. The van der Waals surface area contributed by atoms with Gasteiger partial charge in [0.1, 0.15) is 0 Å². The number of ether oxygens (including phenoxy) is 1. The van der Waals surface area contributed by atoms with Gasteiger partial charge in [-0.25, -0.2) is 0 Å². The lowest BCUT2D eigenvalue weighted by Crippen LogP contribution is -2.36. The van der Waals surface area contributed by atoms with E-state index in [9.17, 15) is 0 Å². The molecule has 1 aliphatic heterocycles. The molecule has 1 saturated heterocycles. The van der Waals surface area contributed by atoms with Crippen LogP contribution in [0.2, 0.25) is 10.0 Å². The van der Waals surface area contributed by atoms with Crippen LogP contribution in [0.3, 0.4) is 0 Å². The summed E-state index contributed by atoms with van der Waals surface area (Å²) >= 11 is 11.8. The van der Waals surface area contributed by atoms with E-state index in [1.807, 2.05) is 12.1 Å². The molecule has 88 valence electrons. The van der Waals surface area contributed by atoms with Gasteiger partial charge in [0.05, 0.1) is 22.8 Å². The molecule has 2 rings (SSSR count). The zero-order chi connectivity index (χ0) is 11.5. The second-order valence-corrected chi connectivity index (χ2v) is 4.65. The van der Waals surface area contributed by atoms with Gasteiger partial charge in [0.15, 0.2) is 0 Å². The third kappa shape index (κ3) is 2.67. The zero-order valence-corrected chi connectivity index (χ0v) is 10.3. The van der Waals surface area contributed by atoms with Crippen LogP contribution in [-0.4, -0.2) is 25.7 Å². The lowest BCUT2D eigenvalue weighted by atomic mass is 10.0. The van der Waals surface area contributed by atoms with Crippen LogP contribution in [0.4, 0.5) is 0 Å². The van der Waals surface area contributed by atoms with Gasteiger partial charge < -0.3 is 15.8 Å². The molecule has 0 amide bonds. The molecule has 0 saturated carbocycles. The van der Waals surface area contributed by atoms with E-state index in [4.69, 9.17) is 33.7 Å². The summed E-state index contributed by atoms with van der Waals surface area (Å²) in [5.41, 5.74) is 7.01. The van der Waals surface area contributed by atoms with Crippen molar-refractivity contribution in [1.82, 2.24) is 5.32 Å². The van der Waals surface area contributed by atoms with Gasteiger partial charge in [0.25, 0.3) is 0 Å². The Morgan fingerprint density at radius 1 is 1.31 bits per heavy atom. The molecule has 1 aliphatic rings. The number of hydrogen-bond acceptors (Lipinski definition) is 3. The molecule has 0 aromatic heterocycles. The van der Waals surface area contributed by atoms with Crippen molar-refractivity contribution in [3.8, 4) is 0 Å². The SMILES string of the molecule is N[C@@H]1CNCCO[C@H]1c1ccc(Cl)c(Cl)c1. The Balaban J connectivity index is 2.23. The fourth-order valence-corrected chi connectivity index (χ4v) is 2.10. The van der Waals surface area contributed by atoms with Crippen molar-refractivity contribution >= 4 is 23.2 Å². The Bertz CT molecular complexity index is 373. The van der Waals surface area contributed by atoms with Crippen molar-refractivity contribution in [2.45, 2.75) is 12.1 Å². The van der Waals surface area contributed by atoms with Gasteiger partial charge in [-0.15, -0.1) is 0 Å². The van der Waals surface area contributed by atoms with E-state index in [-0.39, 0.29) is 12.1 Å². The van der Waals surface area contributed by atoms with E-state index < -0.39 is 0 Å². The van der Waals surface area contributed by atoms with Crippen LogP contribution in [0.1, 0.15) is 11.7 Å². The minimum atomic E-state index is -0.121. The van der Waals surface area contributed by atoms with Crippen LogP contribution in [0.5, 0.6) is 0 Å². The van der Waals surface area contributed by atoms with Gasteiger partial charge in [0, 0.05) is 19.1 Å². The van der Waals surface area contributed by atoms with E-state index in [1.54, 1.807) is 6.07 Å². The number of benzene rings is 1. The maximum atomic E-state index is 6.04. The molecular formula is C11H14Cl2N2O. The fraction of sp³-hybridized carbons (Fsp3) is 0.455. The summed E-state index contributed by atoms with van der Waals surface area (Å²) < 4.78 is 5.71. The largest absolute Gasteiger partial charge is 0.371 e. The van der Waals surface area contributed by atoms with Crippen molar-refractivity contribution in [3.05, 3.63) is 33.8 Å². The Kier molecular flexibility index (Phi) is 4.05. The summed E-state index contributed by atoms with van der Waals surface area (Å²) in [7, 11) is 0. The highest BCUT2D eigenvalue weighted by molar-refractivity contribution is 6.42. The molecule has 1 heterocycles. The lowest BCUT2D eigenvalue weighted by molar-refractivity contribution is 0.0531. The third-order valence-electron chi connectivity index (χ3n) is 2.62. The number of nitrogens with one attached hydrogen (secondary N) is 1. The predicted octanol–water partition coefficient (Wildman–Crippen LogP) is 1.98. The Hall–Kier alpha value is -0.320. The number of halogens is 2. The first-order valence-corrected chi connectivity index (χ1v) is 5.97. The Morgan fingerprint density at radius 3 is 2.88 bits per heavy atom. The molecule has 0 aliphatic carbocycles. The normalized spacial score (nSPS) is 26.4. The third-order valence-corrected chi connectivity index (χ3v) is 3.36. The summed E-state index contributed by atoms with van der Waals surface area (Å²) in [6, 6.07) is 5.43. The van der Waals surface area contributed by atoms with Crippen LogP contribution >= 0.6 is 23.2 Å². The summed E-state index contributed by atoms with van der Waals surface area (Å²) in [4.78, 5) is 0. The van der Waals surface area contributed by atoms with Gasteiger partial charge in [-0.1, -0.05) is 29.3 Å². The second-order valence-electron chi connectivity index (χ2n) is 3.83. The molecule has 1 fully saturated rings. The number of hydrogen-bond donors (Lipinski definition) is 2. The van der Waals surface area contributed by atoms with Crippen molar-refractivity contribution in [3.63, 3.8) is 0 Å². The van der Waals surface area contributed by atoms with Crippen molar-refractivity contribution in [2.24, 2.45) is 5.73 Å². The smallest absolute Gasteiger partial charge is 0.0989 e. The van der Waals surface area contributed by atoms with Gasteiger partial charge in [0.2, 0.25) is 0 Å². The molecule has 1 aromatic rings. The predicted molar refractivity (Wildman–Crippen MR) is 66.0 cm³/mol. The number of nitrogens with two attached hydrogens (primary N) is 1. The first kappa shape index (κ1) is 12.1. The van der Waals surface area contributed by atoms with Crippen LogP contribution in [0, 0.1) is 0 Å². The molecule has 0 spiro atoms. The molecule has 0 bridgehead atoms. The zero-order valence-electron chi connectivity index (χ0n) is 8.75. The van der Waals surface area contributed by atoms with Crippen molar-refractivity contribution < 1.29 is 4.74 Å². The summed E-state index contributed by atoms with van der Waals surface area (Å²) in [6.45, 7) is 2.22. The summed E-state index contributed by atoms with van der Waals surface area (Å²) in [5.74, 6) is 0. The maximum absolute atomic E-state index is 6.04. The molecule has 0 radical (unpaired) electrons. The first-order chi connectivity index (χ1) is 7.68. The molecular weight excluding hydrogens is 247 g/mol. The minimum Gasteiger partial charge on any atom is -0.371 e. The van der Waals surface area contributed by atoms with Gasteiger partial charge >= 0.3 is 0 Å². The molecule has 2 atom stereocenters. The lowest BCUT2D eigenvalue weighted by Gasteiger charge is -2.21. The van der Waals surface area contributed by atoms with Gasteiger partial charge in [-0.3, -0.25) is 0 Å². The molecule has 1 aromatic carbocycles. The van der Waals surface area contributed by atoms with Crippen molar-refractivity contribution in [2.75, 3.05) is 19.7 Å². The van der Waals surface area contributed by atoms with Crippen molar-refractivity contribution in [1.29, 1.82) is 0 Å².